The number of benzene rings is 2. The minimum Gasteiger partial charge on any atom is -0.483 e. The predicted molar refractivity (Wildman–Crippen MR) is 123 cm³/mol. The van der Waals surface area contributed by atoms with E-state index in [1.807, 2.05) is 30.3 Å². The number of nitrogens with one attached hydrogen (secondary N) is 1. The number of hydrogen-bond donors (Lipinski definition) is 1. The van der Waals surface area contributed by atoms with E-state index in [0.29, 0.717) is 12.3 Å². The van der Waals surface area contributed by atoms with Crippen LogP contribution >= 0.6 is 15.9 Å². The summed E-state index contributed by atoms with van der Waals surface area (Å²) in [6.45, 7) is 11.4. The van der Waals surface area contributed by atoms with Crippen molar-refractivity contribution >= 4 is 21.8 Å². The summed E-state index contributed by atoms with van der Waals surface area (Å²) >= 11 is 3.55. The largest absolute Gasteiger partial charge is 0.483 e. The van der Waals surface area contributed by atoms with E-state index >= 15 is 0 Å². The molecule has 0 aromatic heterocycles. The summed E-state index contributed by atoms with van der Waals surface area (Å²) in [5.74, 6) is 0.533. The highest BCUT2D eigenvalue weighted by atomic mass is 79.9. The molecule has 3 rings (SSSR count). The van der Waals surface area contributed by atoms with Crippen LogP contribution < -0.4 is 10.1 Å². The first kappa shape index (κ1) is 22.8. The fourth-order valence-electron chi connectivity index (χ4n) is 3.33. The number of halogens is 1. The molecule has 0 aliphatic carbocycles. The van der Waals surface area contributed by atoms with Gasteiger partial charge in [0.2, 0.25) is 0 Å². The Kier molecular flexibility index (Phi) is 7.92. The van der Waals surface area contributed by atoms with Gasteiger partial charge >= 0.3 is 0 Å². The average molecular weight is 475 g/mol. The van der Waals surface area contributed by atoms with E-state index < -0.39 is 0 Å². The number of hydrogen-bond acceptors (Lipinski definition) is 4. The van der Waals surface area contributed by atoms with E-state index in [4.69, 9.17) is 9.47 Å². The second-order valence-corrected chi connectivity index (χ2v) is 9.52. The van der Waals surface area contributed by atoms with Crippen LogP contribution in [0.25, 0.3) is 0 Å². The average Bonchev–Trinajstić information content (AvgIpc) is 2.71. The lowest BCUT2D eigenvalue weighted by Gasteiger charge is -2.26. The van der Waals surface area contributed by atoms with Crippen LogP contribution in [0.5, 0.6) is 5.75 Å². The summed E-state index contributed by atoms with van der Waals surface area (Å²) in [6, 6.07) is 14.4. The summed E-state index contributed by atoms with van der Waals surface area (Å²) in [6.07, 6.45) is 0. The zero-order valence-corrected chi connectivity index (χ0v) is 19.6. The molecule has 6 heteroatoms. The molecule has 1 amide bonds. The smallest absolute Gasteiger partial charge is 0.258 e. The third kappa shape index (κ3) is 6.83. The van der Waals surface area contributed by atoms with E-state index in [-0.39, 0.29) is 17.9 Å². The number of morpholine rings is 1. The standard InChI is InChI=1S/C24H31BrN2O3/c1-24(2,3)20-7-8-22(21(25)14-20)30-17-23(28)26-15-18-5-4-6-19(13-18)16-27-9-11-29-12-10-27/h4-8,13-14H,9-12,15-17H2,1-3H3,(H,26,28). The number of ether oxygens (including phenoxy) is 2. The van der Waals surface area contributed by atoms with Gasteiger partial charge in [0, 0.05) is 26.2 Å². The molecule has 5 nitrogen and oxygen atoms in total. The predicted octanol–water partition coefficient (Wildman–Crippen LogP) is 4.27. The lowest BCUT2D eigenvalue weighted by Crippen LogP contribution is -2.35. The van der Waals surface area contributed by atoms with Crippen LogP contribution in [-0.2, 0) is 28.0 Å². The summed E-state index contributed by atoms with van der Waals surface area (Å²) < 4.78 is 12.0. The highest BCUT2D eigenvalue weighted by Gasteiger charge is 2.16. The SMILES string of the molecule is CC(C)(C)c1ccc(OCC(=O)NCc2cccc(CN3CCOCC3)c2)c(Br)c1. The van der Waals surface area contributed by atoms with Gasteiger partial charge in [-0.15, -0.1) is 0 Å². The van der Waals surface area contributed by atoms with Gasteiger partial charge in [-0.05, 0) is 50.2 Å². The lowest BCUT2D eigenvalue weighted by atomic mass is 9.87. The molecular formula is C24H31BrN2O3. The molecule has 2 aromatic carbocycles. The maximum Gasteiger partial charge on any atom is 0.258 e. The van der Waals surface area contributed by atoms with E-state index in [9.17, 15) is 4.79 Å². The maximum atomic E-state index is 12.3. The first-order valence-electron chi connectivity index (χ1n) is 10.4. The molecule has 0 atom stereocenters. The van der Waals surface area contributed by atoms with Crippen molar-refractivity contribution in [2.24, 2.45) is 0 Å². The fraction of sp³-hybridized carbons (Fsp3) is 0.458. The Morgan fingerprint density at radius 2 is 1.87 bits per heavy atom. The molecule has 0 saturated carbocycles. The molecule has 0 radical (unpaired) electrons. The molecule has 0 spiro atoms. The number of nitrogens with zero attached hydrogens (tertiary/aromatic N) is 1. The zero-order chi connectivity index (χ0) is 21.6. The van der Waals surface area contributed by atoms with Crippen molar-refractivity contribution < 1.29 is 14.3 Å². The molecule has 1 heterocycles. The molecule has 1 aliphatic rings. The Bertz CT molecular complexity index is 858. The van der Waals surface area contributed by atoms with Gasteiger partial charge in [-0.1, -0.05) is 51.1 Å². The van der Waals surface area contributed by atoms with Crippen molar-refractivity contribution in [3.05, 3.63) is 63.6 Å². The second kappa shape index (κ2) is 10.4. The van der Waals surface area contributed by atoms with E-state index in [1.54, 1.807) is 0 Å². The first-order chi connectivity index (χ1) is 14.3. The second-order valence-electron chi connectivity index (χ2n) is 8.67. The zero-order valence-electron chi connectivity index (χ0n) is 18.0. The minimum absolute atomic E-state index is 0.0130. The Labute approximate surface area is 187 Å². The Morgan fingerprint density at radius 1 is 1.13 bits per heavy atom. The van der Waals surface area contributed by atoms with Gasteiger partial charge in [0.15, 0.2) is 6.61 Å². The molecule has 1 aliphatic heterocycles. The van der Waals surface area contributed by atoms with Crippen molar-refractivity contribution in [3.8, 4) is 5.75 Å². The Hall–Kier alpha value is -1.89. The summed E-state index contributed by atoms with van der Waals surface area (Å²) in [4.78, 5) is 14.6. The van der Waals surface area contributed by atoms with Gasteiger partial charge in [-0.3, -0.25) is 9.69 Å². The monoisotopic (exact) mass is 474 g/mol. The van der Waals surface area contributed by atoms with Gasteiger partial charge in [0.1, 0.15) is 5.75 Å². The van der Waals surface area contributed by atoms with E-state index in [2.05, 4.69) is 59.1 Å². The van der Waals surface area contributed by atoms with Gasteiger partial charge in [0.25, 0.3) is 5.91 Å². The number of rotatable bonds is 7. The lowest BCUT2D eigenvalue weighted by molar-refractivity contribution is -0.123. The van der Waals surface area contributed by atoms with Gasteiger partial charge < -0.3 is 14.8 Å². The number of carbonyl (C=O) groups excluding carboxylic acids is 1. The molecule has 1 N–H and O–H groups in total. The topological polar surface area (TPSA) is 50.8 Å². The third-order valence-corrected chi connectivity index (χ3v) is 5.77. The molecular weight excluding hydrogens is 444 g/mol. The van der Waals surface area contributed by atoms with Crippen molar-refractivity contribution in [1.82, 2.24) is 10.2 Å². The fourth-order valence-corrected chi connectivity index (χ4v) is 3.83. The Morgan fingerprint density at radius 3 is 2.57 bits per heavy atom. The van der Waals surface area contributed by atoms with E-state index in [1.165, 1.54) is 11.1 Å². The summed E-state index contributed by atoms with van der Waals surface area (Å²) in [5.41, 5.74) is 3.62. The van der Waals surface area contributed by atoms with Crippen molar-refractivity contribution in [2.45, 2.75) is 39.3 Å². The van der Waals surface area contributed by atoms with Crippen LogP contribution in [-0.4, -0.2) is 43.7 Å². The van der Waals surface area contributed by atoms with Crippen LogP contribution in [0.4, 0.5) is 0 Å². The van der Waals surface area contributed by atoms with Crippen LogP contribution in [0.1, 0.15) is 37.5 Å². The van der Waals surface area contributed by atoms with Crippen molar-refractivity contribution in [3.63, 3.8) is 0 Å². The van der Waals surface area contributed by atoms with Crippen LogP contribution in [0.2, 0.25) is 0 Å². The first-order valence-corrected chi connectivity index (χ1v) is 11.2. The maximum absolute atomic E-state index is 12.3. The quantitative estimate of drug-likeness (QED) is 0.650. The third-order valence-electron chi connectivity index (χ3n) is 5.15. The minimum atomic E-state index is -0.139. The van der Waals surface area contributed by atoms with Crippen molar-refractivity contribution in [2.75, 3.05) is 32.9 Å². The summed E-state index contributed by atoms with van der Waals surface area (Å²) in [7, 11) is 0. The van der Waals surface area contributed by atoms with Crippen molar-refractivity contribution in [1.29, 1.82) is 0 Å². The summed E-state index contributed by atoms with van der Waals surface area (Å²) in [5, 5.41) is 2.94. The highest BCUT2D eigenvalue weighted by molar-refractivity contribution is 9.10. The normalized spacial score (nSPS) is 15.1. The highest BCUT2D eigenvalue weighted by Crippen LogP contribution is 2.31. The molecule has 30 heavy (non-hydrogen) atoms. The van der Waals surface area contributed by atoms with Gasteiger partial charge in [-0.2, -0.15) is 0 Å². The molecule has 0 bridgehead atoms. The number of carbonyl (C=O) groups is 1. The number of amides is 1. The molecule has 1 fully saturated rings. The van der Waals surface area contributed by atoms with Crippen LogP contribution in [0.3, 0.4) is 0 Å². The Balaban J connectivity index is 1.47. The molecule has 162 valence electrons. The van der Waals surface area contributed by atoms with Crippen LogP contribution in [0.15, 0.2) is 46.9 Å². The molecule has 0 unspecified atom stereocenters. The van der Waals surface area contributed by atoms with E-state index in [0.717, 1.165) is 42.9 Å². The molecule has 1 saturated heterocycles. The van der Waals surface area contributed by atoms with Crippen LogP contribution in [0, 0.1) is 0 Å². The van der Waals surface area contributed by atoms with Gasteiger partial charge in [-0.25, -0.2) is 0 Å². The van der Waals surface area contributed by atoms with Gasteiger partial charge in [0.05, 0.1) is 17.7 Å². The molecule has 2 aromatic rings.